The number of pyridine rings is 1. The van der Waals surface area contributed by atoms with E-state index >= 15 is 0 Å². The minimum absolute atomic E-state index is 0.0603. The van der Waals surface area contributed by atoms with Crippen molar-refractivity contribution in [2.24, 2.45) is 0 Å². The van der Waals surface area contributed by atoms with E-state index in [2.05, 4.69) is 38.1 Å². The molecule has 4 rings (SSSR count). The maximum Gasteiger partial charge on any atom is 0.231 e. The summed E-state index contributed by atoms with van der Waals surface area (Å²) >= 11 is 1.45. The lowest BCUT2D eigenvalue weighted by Crippen LogP contribution is -2.29. The molecule has 0 saturated carbocycles. The van der Waals surface area contributed by atoms with E-state index in [1.807, 2.05) is 53.9 Å². The van der Waals surface area contributed by atoms with Gasteiger partial charge in [-0.2, -0.15) is 0 Å². The second-order valence-electron chi connectivity index (χ2n) is 6.19. The molecular formula is C19H20N6OS. The van der Waals surface area contributed by atoms with Gasteiger partial charge in [0.05, 0.1) is 22.8 Å². The monoisotopic (exact) mass is 380 g/mol. The first kappa shape index (κ1) is 17.5. The normalized spacial score (nSPS) is 12.5. The van der Waals surface area contributed by atoms with Crippen molar-refractivity contribution in [1.82, 2.24) is 29.5 Å². The Balaban J connectivity index is 1.44. The summed E-state index contributed by atoms with van der Waals surface area (Å²) in [5, 5.41) is 12.2. The van der Waals surface area contributed by atoms with Crippen LogP contribution in [0.5, 0.6) is 0 Å². The van der Waals surface area contributed by atoms with Crippen molar-refractivity contribution in [3.63, 3.8) is 0 Å². The molecule has 7 nitrogen and oxygen atoms in total. The average molecular weight is 380 g/mol. The van der Waals surface area contributed by atoms with E-state index in [1.165, 1.54) is 11.8 Å². The molecule has 27 heavy (non-hydrogen) atoms. The maximum atomic E-state index is 12.4. The zero-order valence-electron chi connectivity index (χ0n) is 15.2. The molecule has 1 aromatic carbocycles. The summed E-state index contributed by atoms with van der Waals surface area (Å²) in [6.45, 7) is 4.80. The van der Waals surface area contributed by atoms with Crippen molar-refractivity contribution in [3.05, 3.63) is 54.5 Å². The molecule has 1 atom stereocenters. The minimum Gasteiger partial charge on any atom is -0.346 e. The standard InChI is InChI=1S/C19H20N6OS/c1-3-24-15-9-5-4-8-14(15)21-19(24)27-12-17(26)20-13(2)18-23-22-16-10-6-7-11-25(16)18/h4-11,13H,3,12H2,1-2H3,(H,20,26). The van der Waals surface area contributed by atoms with Gasteiger partial charge in [0.25, 0.3) is 0 Å². The van der Waals surface area contributed by atoms with E-state index in [0.29, 0.717) is 11.6 Å². The fourth-order valence-electron chi connectivity index (χ4n) is 3.10. The third-order valence-electron chi connectivity index (χ3n) is 4.37. The van der Waals surface area contributed by atoms with Gasteiger partial charge >= 0.3 is 0 Å². The second-order valence-corrected chi connectivity index (χ2v) is 7.13. The Kier molecular flexibility index (Phi) is 4.81. The number of carbonyl (C=O) groups excluding carboxylic acids is 1. The van der Waals surface area contributed by atoms with Crippen molar-refractivity contribution in [3.8, 4) is 0 Å². The van der Waals surface area contributed by atoms with E-state index in [-0.39, 0.29) is 11.9 Å². The molecule has 0 saturated heterocycles. The highest BCUT2D eigenvalue weighted by Crippen LogP contribution is 2.24. The van der Waals surface area contributed by atoms with Gasteiger partial charge in [-0.15, -0.1) is 10.2 Å². The highest BCUT2D eigenvalue weighted by atomic mass is 32.2. The van der Waals surface area contributed by atoms with Crippen LogP contribution in [0, 0.1) is 0 Å². The van der Waals surface area contributed by atoms with Crippen LogP contribution in [-0.2, 0) is 11.3 Å². The fraction of sp³-hybridized carbons (Fsp3) is 0.263. The van der Waals surface area contributed by atoms with E-state index in [4.69, 9.17) is 0 Å². The third kappa shape index (κ3) is 3.40. The molecule has 1 amide bonds. The predicted molar refractivity (Wildman–Crippen MR) is 106 cm³/mol. The number of aryl methyl sites for hydroxylation is 1. The van der Waals surface area contributed by atoms with Crippen molar-refractivity contribution >= 4 is 34.3 Å². The SMILES string of the molecule is CCn1c(SCC(=O)NC(C)c2nnc3ccccn23)nc2ccccc21. The van der Waals surface area contributed by atoms with E-state index in [1.54, 1.807) is 0 Å². The van der Waals surface area contributed by atoms with Crippen LogP contribution < -0.4 is 5.32 Å². The number of hydrogen-bond donors (Lipinski definition) is 1. The Morgan fingerprint density at radius 1 is 1.19 bits per heavy atom. The quantitative estimate of drug-likeness (QED) is 0.520. The van der Waals surface area contributed by atoms with Crippen LogP contribution in [0.15, 0.2) is 53.8 Å². The number of rotatable bonds is 6. The van der Waals surface area contributed by atoms with Crippen LogP contribution in [0.25, 0.3) is 16.7 Å². The highest BCUT2D eigenvalue weighted by Gasteiger charge is 2.17. The number of nitrogens with zero attached hydrogens (tertiary/aromatic N) is 5. The van der Waals surface area contributed by atoms with Gasteiger partial charge in [0.2, 0.25) is 5.91 Å². The average Bonchev–Trinajstić information content (AvgIpc) is 3.27. The van der Waals surface area contributed by atoms with E-state index in [9.17, 15) is 4.79 Å². The second kappa shape index (κ2) is 7.40. The topological polar surface area (TPSA) is 77.1 Å². The van der Waals surface area contributed by atoms with E-state index < -0.39 is 0 Å². The smallest absolute Gasteiger partial charge is 0.231 e. The number of aromatic nitrogens is 5. The van der Waals surface area contributed by atoms with Crippen molar-refractivity contribution < 1.29 is 4.79 Å². The molecule has 0 bridgehead atoms. The Labute approximate surface area is 160 Å². The molecule has 0 spiro atoms. The van der Waals surface area contributed by atoms with Gasteiger partial charge in [-0.25, -0.2) is 4.98 Å². The lowest BCUT2D eigenvalue weighted by atomic mass is 10.3. The van der Waals surface area contributed by atoms with Crippen LogP contribution >= 0.6 is 11.8 Å². The van der Waals surface area contributed by atoms with Gasteiger partial charge in [0.1, 0.15) is 0 Å². The number of carbonyl (C=O) groups is 1. The van der Waals surface area contributed by atoms with Gasteiger partial charge < -0.3 is 9.88 Å². The van der Waals surface area contributed by atoms with Crippen LogP contribution in [0.2, 0.25) is 0 Å². The number of amides is 1. The number of hydrogen-bond acceptors (Lipinski definition) is 5. The largest absolute Gasteiger partial charge is 0.346 e. The fourth-order valence-corrected chi connectivity index (χ4v) is 3.99. The van der Waals surface area contributed by atoms with Gasteiger partial charge in [-0.3, -0.25) is 9.20 Å². The molecule has 0 aliphatic heterocycles. The van der Waals surface area contributed by atoms with Gasteiger partial charge in [-0.05, 0) is 38.1 Å². The molecule has 3 heterocycles. The third-order valence-corrected chi connectivity index (χ3v) is 5.35. The Morgan fingerprint density at radius 2 is 2.00 bits per heavy atom. The van der Waals surface area contributed by atoms with Gasteiger partial charge in [-0.1, -0.05) is 30.0 Å². The molecule has 4 aromatic rings. The Morgan fingerprint density at radius 3 is 2.85 bits per heavy atom. The molecule has 0 fully saturated rings. The summed E-state index contributed by atoms with van der Waals surface area (Å²) in [6, 6.07) is 13.5. The summed E-state index contributed by atoms with van der Waals surface area (Å²) in [6.07, 6.45) is 1.89. The van der Waals surface area contributed by atoms with E-state index in [0.717, 1.165) is 28.4 Å². The van der Waals surface area contributed by atoms with Crippen LogP contribution in [0.1, 0.15) is 25.7 Å². The summed E-state index contributed by atoms with van der Waals surface area (Å²) in [5.74, 6) is 0.948. The molecule has 1 unspecified atom stereocenters. The van der Waals surface area contributed by atoms with Gasteiger partial charge in [0.15, 0.2) is 16.6 Å². The maximum absolute atomic E-state index is 12.4. The Hall–Kier alpha value is -2.87. The first-order valence-corrected chi connectivity index (χ1v) is 9.83. The number of nitrogens with one attached hydrogen (secondary N) is 1. The highest BCUT2D eigenvalue weighted by molar-refractivity contribution is 7.99. The number of fused-ring (bicyclic) bond motifs is 2. The van der Waals surface area contributed by atoms with Crippen LogP contribution in [-0.4, -0.2) is 35.8 Å². The Bertz CT molecular complexity index is 1100. The summed E-state index contributed by atoms with van der Waals surface area (Å²) < 4.78 is 4.01. The minimum atomic E-state index is -0.236. The van der Waals surface area contributed by atoms with Crippen LogP contribution in [0.3, 0.4) is 0 Å². The number of imidazole rings is 1. The van der Waals surface area contributed by atoms with Gasteiger partial charge in [0, 0.05) is 12.7 Å². The summed E-state index contributed by atoms with van der Waals surface area (Å²) in [5.41, 5.74) is 2.80. The first-order valence-electron chi connectivity index (χ1n) is 8.84. The summed E-state index contributed by atoms with van der Waals surface area (Å²) in [4.78, 5) is 17.1. The van der Waals surface area contributed by atoms with Crippen molar-refractivity contribution in [1.29, 1.82) is 0 Å². The lowest BCUT2D eigenvalue weighted by Gasteiger charge is -2.12. The molecule has 0 aliphatic rings. The lowest BCUT2D eigenvalue weighted by molar-refractivity contribution is -0.119. The predicted octanol–water partition coefficient (Wildman–Crippen LogP) is 3.07. The molecule has 8 heteroatoms. The molecule has 0 radical (unpaired) electrons. The molecular weight excluding hydrogens is 360 g/mol. The molecule has 1 N–H and O–H groups in total. The van der Waals surface area contributed by atoms with Crippen LogP contribution in [0.4, 0.5) is 0 Å². The molecule has 3 aromatic heterocycles. The zero-order valence-corrected chi connectivity index (χ0v) is 16.0. The molecule has 138 valence electrons. The summed E-state index contributed by atoms with van der Waals surface area (Å²) in [7, 11) is 0. The first-order chi connectivity index (χ1) is 13.2. The van der Waals surface area contributed by atoms with Crippen molar-refractivity contribution in [2.45, 2.75) is 31.6 Å². The number of benzene rings is 1. The van der Waals surface area contributed by atoms with Crippen molar-refractivity contribution in [2.75, 3.05) is 5.75 Å². The molecule has 0 aliphatic carbocycles. The number of thioether (sulfide) groups is 1. The zero-order chi connectivity index (χ0) is 18.8. The number of para-hydroxylation sites is 2.